The van der Waals surface area contributed by atoms with E-state index in [4.69, 9.17) is 10.5 Å². The van der Waals surface area contributed by atoms with Gasteiger partial charge in [0.2, 0.25) is 16.0 Å². The van der Waals surface area contributed by atoms with Crippen molar-refractivity contribution < 1.29 is 17.9 Å². The number of rotatable bonds is 5. The van der Waals surface area contributed by atoms with Crippen molar-refractivity contribution in [1.29, 1.82) is 0 Å². The monoisotopic (exact) mass is 401 g/mol. The summed E-state index contributed by atoms with van der Waals surface area (Å²) in [5.74, 6) is -0.606. The number of hydrogen-bond acceptors (Lipinski definition) is 6. The largest absolute Gasteiger partial charge is 0.461 e. The lowest BCUT2D eigenvalue weighted by molar-refractivity contribution is -0.144. The van der Waals surface area contributed by atoms with E-state index < -0.39 is 15.6 Å². The summed E-state index contributed by atoms with van der Waals surface area (Å²) in [5.41, 5.74) is 7.11. The molecule has 2 aromatic rings. The molecule has 8 heteroatoms. The topological polar surface area (TPSA) is 102 Å². The minimum absolute atomic E-state index is 0.0542. The minimum atomic E-state index is -3.56. The van der Waals surface area contributed by atoms with Gasteiger partial charge in [-0.25, -0.2) is 17.7 Å². The van der Waals surface area contributed by atoms with Crippen LogP contribution < -0.4 is 5.73 Å². The van der Waals surface area contributed by atoms with Crippen molar-refractivity contribution in [1.82, 2.24) is 4.31 Å². The van der Waals surface area contributed by atoms with Gasteiger partial charge < -0.3 is 10.5 Å². The van der Waals surface area contributed by atoms with Gasteiger partial charge >= 0.3 is 5.97 Å². The Morgan fingerprint density at radius 2 is 1.86 bits per heavy atom. The van der Waals surface area contributed by atoms with E-state index in [9.17, 15) is 13.2 Å². The van der Waals surface area contributed by atoms with Crippen LogP contribution in [0.25, 0.3) is 0 Å². The summed E-state index contributed by atoms with van der Waals surface area (Å²) in [6.45, 7) is 1.93. The number of hydrogen-bond donors (Lipinski definition) is 1. The Balaban J connectivity index is 1.74. The van der Waals surface area contributed by atoms with Crippen molar-refractivity contribution in [2.24, 2.45) is 10.7 Å². The molecule has 2 N–H and O–H groups in total. The number of esters is 1. The van der Waals surface area contributed by atoms with Crippen LogP contribution in [0.15, 0.2) is 59.6 Å². The van der Waals surface area contributed by atoms with E-state index >= 15 is 0 Å². The molecule has 0 saturated carbocycles. The number of nitrogens with zero attached hydrogens (tertiary/aromatic N) is 2. The van der Waals surface area contributed by atoms with E-state index in [1.807, 2.05) is 30.3 Å². The Morgan fingerprint density at radius 1 is 1.18 bits per heavy atom. The van der Waals surface area contributed by atoms with E-state index in [0.29, 0.717) is 5.56 Å². The number of benzene rings is 2. The zero-order valence-electron chi connectivity index (χ0n) is 15.8. The van der Waals surface area contributed by atoms with Crippen molar-refractivity contribution in [3.05, 3.63) is 71.3 Å². The Morgan fingerprint density at radius 3 is 2.54 bits per heavy atom. The summed E-state index contributed by atoms with van der Waals surface area (Å²) in [4.78, 5) is 16.6. The molecule has 0 unspecified atom stereocenters. The highest BCUT2D eigenvalue weighted by Crippen LogP contribution is 2.32. The van der Waals surface area contributed by atoms with Gasteiger partial charge in [0, 0.05) is 7.05 Å². The van der Waals surface area contributed by atoms with Crippen LogP contribution in [-0.2, 0) is 38.1 Å². The van der Waals surface area contributed by atoms with Gasteiger partial charge in [0.15, 0.2) is 0 Å². The summed E-state index contributed by atoms with van der Waals surface area (Å²) >= 11 is 0. The number of aliphatic imine (C=N–C) groups is 1. The second-order valence-corrected chi connectivity index (χ2v) is 8.99. The summed E-state index contributed by atoms with van der Waals surface area (Å²) in [5, 5.41) is 0. The van der Waals surface area contributed by atoms with E-state index in [1.54, 1.807) is 31.2 Å². The highest BCUT2D eigenvalue weighted by Gasteiger charge is 2.40. The molecule has 0 fully saturated rings. The molecule has 7 nitrogen and oxygen atoms in total. The average Bonchev–Trinajstić information content (AvgIpc) is 2.65. The molecule has 1 heterocycles. The van der Waals surface area contributed by atoms with Gasteiger partial charge in [-0.3, -0.25) is 4.79 Å². The predicted molar refractivity (Wildman–Crippen MR) is 107 cm³/mol. The fourth-order valence-electron chi connectivity index (χ4n) is 3.07. The molecular weight excluding hydrogens is 378 g/mol. The molecule has 0 spiro atoms. The maximum Gasteiger partial charge on any atom is 0.310 e. The first-order valence-electron chi connectivity index (χ1n) is 8.80. The number of nitrogens with two attached hydrogens (primary N) is 1. The lowest BCUT2D eigenvalue weighted by atomic mass is 9.92. The molecule has 1 atom stereocenters. The fraction of sp³-hybridized carbons (Fsp3) is 0.300. The molecule has 0 amide bonds. The molecule has 1 aliphatic heterocycles. The Kier molecular flexibility index (Phi) is 5.42. The van der Waals surface area contributed by atoms with Crippen LogP contribution in [0.4, 0.5) is 0 Å². The smallest absolute Gasteiger partial charge is 0.310 e. The average molecular weight is 401 g/mol. The summed E-state index contributed by atoms with van der Waals surface area (Å²) < 4.78 is 31.0. The van der Waals surface area contributed by atoms with E-state index in [2.05, 4.69) is 4.99 Å². The first kappa shape index (κ1) is 19.9. The van der Waals surface area contributed by atoms with E-state index in [1.165, 1.54) is 7.05 Å². The van der Waals surface area contributed by atoms with Crippen LogP contribution in [0.3, 0.4) is 0 Å². The van der Waals surface area contributed by atoms with Crippen molar-refractivity contribution in [3.8, 4) is 0 Å². The molecule has 0 saturated heterocycles. The SMILES string of the molecule is CN1C(N)=N[C@](C)(c2cccc(CC(=O)OCc3ccccc3)c2)CS1(=O)=O. The minimum Gasteiger partial charge on any atom is -0.461 e. The third-order valence-electron chi connectivity index (χ3n) is 4.70. The fourth-order valence-corrected chi connectivity index (χ4v) is 4.53. The highest BCUT2D eigenvalue weighted by atomic mass is 32.2. The molecule has 2 aromatic carbocycles. The zero-order valence-corrected chi connectivity index (χ0v) is 16.6. The Labute approximate surface area is 164 Å². The van der Waals surface area contributed by atoms with Crippen molar-refractivity contribution in [2.75, 3.05) is 12.8 Å². The first-order valence-corrected chi connectivity index (χ1v) is 10.4. The number of ether oxygens (including phenoxy) is 1. The molecule has 0 bridgehead atoms. The quantitative estimate of drug-likeness (QED) is 0.770. The maximum absolute atomic E-state index is 12.4. The predicted octanol–water partition coefficient (Wildman–Crippen LogP) is 1.78. The number of carbonyl (C=O) groups excluding carboxylic acids is 1. The highest BCUT2D eigenvalue weighted by molar-refractivity contribution is 7.89. The van der Waals surface area contributed by atoms with E-state index in [0.717, 1.165) is 15.4 Å². The number of guanidine groups is 1. The first-order chi connectivity index (χ1) is 13.2. The number of sulfonamides is 1. The van der Waals surface area contributed by atoms with Crippen LogP contribution in [0, 0.1) is 0 Å². The Bertz CT molecular complexity index is 1010. The van der Waals surface area contributed by atoms with Crippen LogP contribution in [0.1, 0.15) is 23.6 Å². The molecule has 0 radical (unpaired) electrons. The van der Waals surface area contributed by atoms with Crippen molar-refractivity contribution >= 4 is 22.0 Å². The summed E-state index contributed by atoms with van der Waals surface area (Å²) in [6.07, 6.45) is 0.0859. The second kappa shape index (κ2) is 7.63. The van der Waals surface area contributed by atoms with Crippen LogP contribution in [-0.4, -0.2) is 37.5 Å². The van der Waals surface area contributed by atoms with Gasteiger partial charge in [0.1, 0.15) is 12.1 Å². The van der Waals surface area contributed by atoms with Gasteiger partial charge in [-0.15, -0.1) is 0 Å². The third kappa shape index (κ3) is 4.33. The normalized spacial score (nSPS) is 21.1. The van der Waals surface area contributed by atoms with Crippen molar-refractivity contribution in [3.63, 3.8) is 0 Å². The van der Waals surface area contributed by atoms with Crippen LogP contribution in [0.5, 0.6) is 0 Å². The summed E-state index contributed by atoms with van der Waals surface area (Å²) in [6, 6.07) is 16.6. The Hall–Kier alpha value is -2.87. The number of carbonyl (C=O) groups is 1. The molecule has 1 aliphatic rings. The standard InChI is InChI=1S/C20H23N3O4S/c1-20(14-28(25,26)23(2)19(21)22-20)17-10-6-9-16(11-17)12-18(24)27-13-15-7-4-3-5-8-15/h3-11H,12-14H2,1-2H3,(H2,21,22)/t20-/m0/s1. The van der Waals surface area contributed by atoms with Crippen LogP contribution in [0.2, 0.25) is 0 Å². The second-order valence-electron chi connectivity index (χ2n) is 6.99. The van der Waals surface area contributed by atoms with Gasteiger partial charge in [-0.1, -0.05) is 54.6 Å². The van der Waals surface area contributed by atoms with Gasteiger partial charge in [-0.2, -0.15) is 0 Å². The molecule has 28 heavy (non-hydrogen) atoms. The lowest BCUT2D eigenvalue weighted by Crippen LogP contribution is -2.50. The van der Waals surface area contributed by atoms with Gasteiger partial charge in [0.25, 0.3) is 0 Å². The van der Waals surface area contributed by atoms with E-state index in [-0.39, 0.29) is 30.7 Å². The molecule has 0 aliphatic carbocycles. The maximum atomic E-state index is 12.4. The van der Waals surface area contributed by atoms with Gasteiger partial charge in [0.05, 0.1) is 12.2 Å². The zero-order chi connectivity index (χ0) is 20.4. The molecule has 3 rings (SSSR count). The molecule has 0 aromatic heterocycles. The lowest BCUT2D eigenvalue weighted by Gasteiger charge is -2.34. The van der Waals surface area contributed by atoms with Gasteiger partial charge in [-0.05, 0) is 23.6 Å². The van der Waals surface area contributed by atoms with Crippen molar-refractivity contribution in [2.45, 2.75) is 25.5 Å². The van der Waals surface area contributed by atoms with Crippen LogP contribution >= 0.6 is 0 Å². The molecular formula is C20H23N3O4S. The molecule has 148 valence electrons. The third-order valence-corrected chi connectivity index (χ3v) is 6.65. The summed E-state index contributed by atoms with van der Waals surface area (Å²) in [7, 11) is -2.17.